The summed E-state index contributed by atoms with van der Waals surface area (Å²) in [7, 11) is 0. The molecule has 0 unspecified atom stereocenters. The Morgan fingerprint density at radius 1 is 0.944 bits per heavy atom. The van der Waals surface area contributed by atoms with E-state index in [4.69, 9.17) is 4.74 Å². The summed E-state index contributed by atoms with van der Waals surface area (Å²) < 4.78 is 5.07. The molecule has 0 spiro atoms. The van der Waals surface area contributed by atoms with Crippen LogP contribution in [0.15, 0.2) is 24.3 Å². The van der Waals surface area contributed by atoms with Crippen molar-refractivity contribution in [2.45, 2.75) is 65.2 Å². The molecule has 0 aliphatic heterocycles. The molecule has 0 radical (unpaired) electrons. The smallest absolute Gasteiger partial charge is 0.330 e. The molecule has 104 valence electrons. The number of hydrogen-bond acceptors (Lipinski definition) is 2. The number of unbranched alkanes of at least 4 members (excludes halogenated alkanes) is 6. The van der Waals surface area contributed by atoms with E-state index in [1.54, 1.807) is 6.08 Å². The molecule has 18 heavy (non-hydrogen) atoms. The van der Waals surface area contributed by atoms with Gasteiger partial charge in [0.1, 0.15) is 0 Å². The minimum Gasteiger partial charge on any atom is -0.463 e. The van der Waals surface area contributed by atoms with Crippen molar-refractivity contribution in [3.8, 4) is 0 Å². The monoisotopic (exact) mass is 252 g/mol. The Balaban J connectivity index is 3.43. The van der Waals surface area contributed by atoms with E-state index in [9.17, 15) is 4.79 Å². The molecule has 0 aliphatic carbocycles. The predicted molar refractivity (Wildman–Crippen MR) is 77.5 cm³/mol. The average Bonchev–Trinajstić information content (AvgIpc) is 2.37. The van der Waals surface area contributed by atoms with Crippen LogP contribution in [0, 0.1) is 0 Å². The maximum absolute atomic E-state index is 11.3. The number of rotatable bonds is 11. The molecule has 0 aromatic heterocycles. The van der Waals surface area contributed by atoms with Gasteiger partial charge in [0.25, 0.3) is 0 Å². The van der Waals surface area contributed by atoms with Crippen LogP contribution in [-0.2, 0) is 9.53 Å². The van der Waals surface area contributed by atoms with Crippen molar-refractivity contribution in [2.24, 2.45) is 0 Å². The fourth-order valence-electron chi connectivity index (χ4n) is 1.57. The van der Waals surface area contributed by atoms with Gasteiger partial charge >= 0.3 is 5.97 Å². The van der Waals surface area contributed by atoms with E-state index in [0.29, 0.717) is 6.61 Å². The molecule has 0 atom stereocenters. The van der Waals surface area contributed by atoms with Crippen LogP contribution >= 0.6 is 0 Å². The van der Waals surface area contributed by atoms with E-state index < -0.39 is 0 Å². The van der Waals surface area contributed by atoms with Crippen LogP contribution in [0.1, 0.15) is 65.2 Å². The third kappa shape index (κ3) is 13.0. The summed E-state index contributed by atoms with van der Waals surface area (Å²) in [5.74, 6) is -0.232. The summed E-state index contributed by atoms with van der Waals surface area (Å²) in [4.78, 5) is 11.3. The summed E-state index contributed by atoms with van der Waals surface area (Å²) in [5.41, 5.74) is 0. The highest BCUT2D eigenvalue weighted by atomic mass is 16.5. The third-order valence-corrected chi connectivity index (χ3v) is 2.70. The van der Waals surface area contributed by atoms with Gasteiger partial charge in [-0.25, -0.2) is 4.79 Å². The fraction of sp³-hybridized carbons (Fsp3) is 0.688. The van der Waals surface area contributed by atoms with Crippen molar-refractivity contribution in [3.05, 3.63) is 24.3 Å². The first-order chi connectivity index (χ1) is 8.81. The number of allylic oxidation sites excluding steroid dienone is 3. The molecule has 0 bridgehead atoms. The zero-order valence-corrected chi connectivity index (χ0v) is 12.0. The summed E-state index contributed by atoms with van der Waals surface area (Å²) in [6, 6.07) is 0. The van der Waals surface area contributed by atoms with Gasteiger partial charge in [0.2, 0.25) is 0 Å². The molecule has 0 fully saturated rings. The van der Waals surface area contributed by atoms with Gasteiger partial charge < -0.3 is 4.74 Å². The average molecular weight is 252 g/mol. The quantitative estimate of drug-likeness (QED) is 0.228. The predicted octanol–water partition coefficient (Wildman–Crippen LogP) is 4.80. The fourth-order valence-corrected chi connectivity index (χ4v) is 1.57. The second-order valence-electron chi connectivity index (χ2n) is 4.51. The molecule has 0 aromatic carbocycles. The van der Waals surface area contributed by atoms with Gasteiger partial charge in [-0.3, -0.25) is 0 Å². The number of hydrogen-bond donors (Lipinski definition) is 0. The van der Waals surface area contributed by atoms with Gasteiger partial charge in [-0.05, 0) is 19.3 Å². The molecule has 0 saturated carbocycles. The lowest BCUT2D eigenvalue weighted by atomic mass is 10.2. The summed E-state index contributed by atoms with van der Waals surface area (Å²) in [6.07, 6.45) is 16.6. The van der Waals surface area contributed by atoms with Gasteiger partial charge in [-0.2, -0.15) is 0 Å². The van der Waals surface area contributed by atoms with Gasteiger partial charge in [0.05, 0.1) is 6.61 Å². The Morgan fingerprint density at radius 3 is 2.39 bits per heavy atom. The Hall–Kier alpha value is -1.05. The van der Waals surface area contributed by atoms with E-state index in [-0.39, 0.29) is 5.97 Å². The molecule has 0 heterocycles. The van der Waals surface area contributed by atoms with Crippen LogP contribution in [0.25, 0.3) is 0 Å². The molecule has 2 heteroatoms. The Bertz CT molecular complexity index is 241. The lowest BCUT2D eigenvalue weighted by Crippen LogP contribution is -2.01. The van der Waals surface area contributed by atoms with E-state index in [2.05, 4.69) is 19.9 Å². The number of esters is 1. The van der Waals surface area contributed by atoms with Crippen molar-refractivity contribution in [1.82, 2.24) is 0 Å². The van der Waals surface area contributed by atoms with Crippen LogP contribution < -0.4 is 0 Å². The van der Waals surface area contributed by atoms with Crippen LogP contribution in [-0.4, -0.2) is 12.6 Å². The van der Waals surface area contributed by atoms with E-state index in [0.717, 1.165) is 19.3 Å². The molecule has 0 amide bonds. The van der Waals surface area contributed by atoms with Crippen LogP contribution in [0.4, 0.5) is 0 Å². The zero-order valence-electron chi connectivity index (χ0n) is 12.0. The molecule has 0 N–H and O–H groups in total. The number of carbonyl (C=O) groups is 1. The second-order valence-corrected chi connectivity index (χ2v) is 4.51. The lowest BCUT2D eigenvalue weighted by Gasteiger charge is -2.00. The van der Waals surface area contributed by atoms with Gasteiger partial charge in [-0.15, -0.1) is 0 Å². The SMILES string of the molecule is CCCCC/C=C\C=C\C(=O)OCCCCCC. The second kappa shape index (κ2) is 14.0. The Morgan fingerprint density at radius 2 is 1.67 bits per heavy atom. The molecule has 0 aromatic rings. The molecular formula is C16H28O2. The normalized spacial score (nSPS) is 11.4. The lowest BCUT2D eigenvalue weighted by molar-refractivity contribution is -0.137. The van der Waals surface area contributed by atoms with Crippen LogP contribution in [0.2, 0.25) is 0 Å². The first kappa shape index (κ1) is 16.9. The Kier molecular flexibility index (Phi) is 13.2. The molecule has 2 nitrogen and oxygen atoms in total. The van der Waals surface area contributed by atoms with E-state index in [1.807, 2.05) is 6.08 Å². The summed E-state index contributed by atoms with van der Waals surface area (Å²) in [6.45, 7) is 4.91. The highest BCUT2D eigenvalue weighted by molar-refractivity contribution is 5.82. The van der Waals surface area contributed by atoms with Crippen LogP contribution in [0.5, 0.6) is 0 Å². The maximum Gasteiger partial charge on any atom is 0.330 e. The molecule has 0 rings (SSSR count). The third-order valence-electron chi connectivity index (χ3n) is 2.70. The molecular weight excluding hydrogens is 224 g/mol. The highest BCUT2D eigenvalue weighted by Crippen LogP contribution is 2.00. The first-order valence-corrected chi connectivity index (χ1v) is 7.31. The Labute approximate surface area is 112 Å². The molecule has 0 aliphatic rings. The maximum atomic E-state index is 11.3. The highest BCUT2D eigenvalue weighted by Gasteiger charge is 1.95. The minimum atomic E-state index is -0.232. The minimum absolute atomic E-state index is 0.232. The first-order valence-electron chi connectivity index (χ1n) is 7.31. The largest absolute Gasteiger partial charge is 0.463 e. The standard InChI is InChI=1S/C16H28O2/c1-3-5-7-9-10-11-12-14-16(17)18-15-13-8-6-4-2/h10-12,14H,3-9,13,15H2,1-2H3/b11-10-,14-12+. The topological polar surface area (TPSA) is 26.3 Å². The van der Waals surface area contributed by atoms with Gasteiger partial charge in [0.15, 0.2) is 0 Å². The number of carbonyl (C=O) groups excluding carboxylic acids is 1. The van der Waals surface area contributed by atoms with E-state index >= 15 is 0 Å². The van der Waals surface area contributed by atoms with Crippen LogP contribution in [0.3, 0.4) is 0 Å². The van der Waals surface area contributed by atoms with Crippen molar-refractivity contribution in [2.75, 3.05) is 6.61 Å². The van der Waals surface area contributed by atoms with Gasteiger partial charge in [-0.1, -0.05) is 64.2 Å². The van der Waals surface area contributed by atoms with Gasteiger partial charge in [0, 0.05) is 6.08 Å². The van der Waals surface area contributed by atoms with Crippen molar-refractivity contribution in [1.29, 1.82) is 0 Å². The van der Waals surface area contributed by atoms with Crippen molar-refractivity contribution < 1.29 is 9.53 Å². The zero-order chi connectivity index (χ0) is 13.5. The van der Waals surface area contributed by atoms with Crippen molar-refractivity contribution in [3.63, 3.8) is 0 Å². The summed E-state index contributed by atoms with van der Waals surface area (Å²) in [5, 5.41) is 0. The number of ether oxygens (including phenoxy) is 1. The van der Waals surface area contributed by atoms with E-state index in [1.165, 1.54) is 38.2 Å². The van der Waals surface area contributed by atoms with Crippen molar-refractivity contribution >= 4 is 5.97 Å². The molecule has 0 saturated heterocycles. The summed E-state index contributed by atoms with van der Waals surface area (Å²) >= 11 is 0.